The molecule has 2 saturated carbocycles. The van der Waals surface area contributed by atoms with Crippen LogP contribution < -0.4 is 21.7 Å². The van der Waals surface area contributed by atoms with Gasteiger partial charge in [0, 0.05) is 6.54 Å². The average molecular weight is 682 g/mol. The van der Waals surface area contributed by atoms with E-state index in [9.17, 15) is 32.4 Å². The van der Waals surface area contributed by atoms with Gasteiger partial charge in [0.1, 0.15) is 18.1 Å². The fraction of sp³-hybridized carbons (Fsp3) is 0.853. The lowest BCUT2D eigenvalue weighted by Crippen LogP contribution is -2.66. The van der Waals surface area contributed by atoms with Crippen LogP contribution in [0.2, 0.25) is 0 Å². The number of likely N-dealkylation sites (tertiary alicyclic amines) is 1. The Morgan fingerprint density at radius 1 is 0.915 bits per heavy atom. The maximum Gasteiger partial charge on any atom is 0.315 e. The Hall–Kier alpha value is -2.70. The summed E-state index contributed by atoms with van der Waals surface area (Å²) in [6.45, 7) is 16.7. The molecule has 3 aliphatic rings. The number of carbonyl (C=O) groups excluding carboxylic acids is 5. The summed E-state index contributed by atoms with van der Waals surface area (Å²) < 4.78 is 25.6. The molecule has 1 saturated heterocycles. The van der Waals surface area contributed by atoms with E-state index in [1.807, 2.05) is 41.5 Å². The summed E-state index contributed by atoms with van der Waals surface area (Å²) in [7, 11) is -3.57. The predicted molar refractivity (Wildman–Crippen MR) is 181 cm³/mol. The monoisotopic (exact) mass is 681 g/mol. The number of hydrogen-bond donors (Lipinski definition) is 4. The molecule has 12 nitrogen and oxygen atoms in total. The highest BCUT2D eigenvalue weighted by Gasteiger charge is 2.49. The predicted octanol–water partition coefficient (Wildman–Crippen LogP) is 3.22. The molecule has 3 fully saturated rings. The molecule has 0 aromatic heterocycles. The van der Waals surface area contributed by atoms with Crippen molar-refractivity contribution in [1.29, 1.82) is 0 Å². The maximum absolute atomic E-state index is 14.5. The molecule has 2 unspecified atom stereocenters. The van der Waals surface area contributed by atoms with Gasteiger partial charge < -0.3 is 26.6 Å². The number of Topliss-reactive ketones (excluding diaryl/α,β-unsaturated/α-hetero) is 1. The van der Waals surface area contributed by atoms with Crippen molar-refractivity contribution in [1.82, 2.24) is 20.9 Å². The van der Waals surface area contributed by atoms with E-state index < -0.39 is 73.2 Å². The minimum Gasteiger partial charge on any atom is -0.363 e. The lowest BCUT2D eigenvalue weighted by Gasteiger charge is -2.49. The second kappa shape index (κ2) is 14.0. The minimum absolute atomic E-state index is 0.00717. The molecule has 268 valence electrons. The van der Waals surface area contributed by atoms with Gasteiger partial charge in [0.2, 0.25) is 17.6 Å². The van der Waals surface area contributed by atoms with Crippen LogP contribution in [0.25, 0.3) is 0 Å². The van der Waals surface area contributed by atoms with Crippen LogP contribution in [-0.2, 0) is 29.0 Å². The second-order valence-electron chi connectivity index (χ2n) is 17.1. The first-order valence-corrected chi connectivity index (χ1v) is 18.8. The van der Waals surface area contributed by atoms with Gasteiger partial charge in [-0.2, -0.15) is 0 Å². The summed E-state index contributed by atoms with van der Waals surface area (Å²) in [5.74, 6) is -3.32. The number of nitrogens with two attached hydrogens (primary N) is 1. The van der Waals surface area contributed by atoms with Crippen LogP contribution in [0.3, 0.4) is 0 Å². The zero-order valence-electron chi connectivity index (χ0n) is 30.0. The van der Waals surface area contributed by atoms with Crippen molar-refractivity contribution in [2.75, 3.05) is 12.3 Å². The molecule has 3 rings (SSSR count). The number of rotatable bonds is 10. The minimum atomic E-state index is -3.57. The van der Waals surface area contributed by atoms with Crippen LogP contribution in [0.15, 0.2) is 0 Å². The van der Waals surface area contributed by atoms with Crippen LogP contribution in [0.4, 0.5) is 4.79 Å². The molecule has 4 atom stereocenters. The van der Waals surface area contributed by atoms with Gasteiger partial charge in [0.25, 0.3) is 5.91 Å². The van der Waals surface area contributed by atoms with Gasteiger partial charge in [-0.05, 0) is 75.5 Å². The van der Waals surface area contributed by atoms with Crippen molar-refractivity contribution in [2.24, 2.45) is 28.4 Å². The average Bonchev–Trinajstić information content (AvgIpc) is 2.89. The molecule has 47 heavy (non-hydrogen) atoms. The van der Waals surface area contributed by atoms with Gasteiger partial charge in [0.15, 0.2) is 9.84 Å². The van der Waals surface area contributed by atoms with E-state index in [2.05, 4.69) is 16.0 Å². The number of carbonyl (C=O) groups is 5. The highest BCUT2D eigenvalue weighted by Crippen LogP contribution is 2.40. The fourth-order valence-electron chi connectivity index (χ4n) is 6.87. The van der Waals surface area contributed by atoms with Crippen LogP contribution in [0.5, 0.6) is 0 Å². The van der Waals surface area contributed by atoms with Gasteiger partial charge in [0.05, 0.1) is 16.0 Å². The van der Waals surface area contributed by atoms with Crippen molar-refractivity contribution < 1.29 is 32.4 Å². The van der Waals surface area contributed by atoms with Crippen LogP contribution in [-0.4, -0.2) is 83.6 Å². The first-order valence-electron chi connectivity index (χ1n) is 17.2. The van der Waals surface area contributed by atoms with E-state index in [0.717, 1.165) is 25.7 Å². The number of ketones is 1. The maximum atomic E-state index is 14.5. The molecule has 2 aliphatic carbocycles. The van der Waals surface area contributed by atoms with E-state index in [1.165, 1.54) is 4.90 Å². The normalized spacial score (nSPS) is 24.7. The van der Waals surface area contributed by atoms with E-state index in [-0.39, 0.29) is 29.5 Å². The number of piperidine rings is 1. The molecule has 13 heteroatoms. The molecular weight excluding hydrogens is 622 g/mol. The van der Waals surface area contributed by atoms with E-state index >= 15 is 0 Å². The topological polar surface area (TPSA) is 185 Å². The van der Waals surface area contributed by atoms with Gasteiger partial charge in [-0.1, -0.05) is 67.2 Å². The van der Waals surface area contributed by atoms with Crippen molar-refractivity contribution in [2.45, 2.75) is 149 Å². The smallest absolute Gasteiger partial charge is 0.315 e. The molecule has 0 spiro atoms. The Morgan fingerprint density at radius 3 is 1.96 bits per heavy atom. The Kier molecular flexibility index (Phi) is 11.6. The van der Waals surface area contributed by atoms with Crippen molar-refractivity contribution >= 4 is 39.4 Å². The highest BCUT2D eigenvalue weighted by molar-refractivity contribution is 7.92. The molecule has 1 aliphatic heterocycles. The Labute approximate surface area is 281 Å². The summed E-state index contributed by atoms with van der Waals surface area (Å²) in [6.07, 6.45) is 6.08. The molecule has 5 amide bonds. The number of sulfone groups is 1. The van der Waals surface area contributed by atoms with Crippen molar-refractivity contribution in [3.8, 4) is 0 Å². The largest absolute Gasteiger partial charge is 0.363 e. The number of urea groups is 1. The molecule has 0 bridgehead atoms. The first kappa shape index (κ1) is 38.7. The summed E-state index contributed by atoms with van der Waals surface area (Å²) in [5, 5.41) is 8.64. The number of hydrogen-bond acceptors (Lipinski definition) is 7. The Bertz CT molecular complexity index is 1320. The molecule has 0 aromatic carbocycles. The van der Waals surface area contributed by atoms with E-state index in [0.29, 0.717) is 32.1 Å². The SMILES string of the molecule is CC1CN(C(=O)[C@@H](NC(=O)NC2(CS(=O)(=O)C(C)(C)C)CCCCC2)C(C)(C)C)[C@H](C(=O)NC(C(=O)C(N)=O)C2CCC2)CC1(C)C. The van der Waals surface area contributed by atoms with Crippen LogP contribution in [0.1, 0.15) is 120 Å². The molecular formula is C34H59N5O7S. The molecule has 1 heterocycles. The molecule has 0 radical (unpaired) electrons. The van der Waals surface area contributed by atoms with Gasteiger partial charge in [-0.15, -0.1) is 0 Å². The van der Waals surface area contributed by atoms with Gasteiger partial charge >= 0.3 is 6.03 Å². The third kappa shape index (κ3) is 9.06. The Morgan fingerprint density at radius 2 is 1.49 bits per heavy atom. The Balaban J connectivity index is 1.90. The van der Waals surface area contributed by atoms with Gasteiger partial charge in [-0.25, -0.2) is 13.2 Å². The van der Waals surface area contributed by atoms with Crippen LogP contribution >= 0.6 is 0 Å². The zero-order chi connectivity index (χ0) is 35.8. The number of primary amides is 1. The molecule has 0 aromatic rings. The first-order chi connectivity index (χ1) is 21.4. The standard InChI is InChI=1S/C34H59N5O7S/c1-21-19-39(23(18-33(21,8)9)28(42)36-24(22-14-13-15-22)25(40)27(35)41)29(43)26(31(2,3)4)37-30(44)38-34(16-11-10-12-17-34)20-47(45,46)32(5,6)7/h21-24,26H,10-20H2,1-9H3,(H2,35,41)(H,36,42)(H2,37,38,44)/t21?,23-,24?,26+/m0/s1. The third-order valence-corrected chi connectivity index (χ3v) is 13.7. The number of amides is 5. The zero-order valence-corrected chi connectivity index (χ0v) is 30.8. The third-order valence-electron chi connectivity index (χ3n) is 10.9. The molecule has 5 N–H and O–H groups in total. The van der Waals surface area contributed by atoms with Gasteiger partial charge in [-0.3, -0.25) is 19.2 Å². The van der Waals surface area contributed by atoms with Crippen molar-refractivity contribution in [3.63, 3.8) is 0 Å². The summed E-state index contributed by atoms with van der Waals surface area (Å²) in [6, 6.07) is -3.69. The number of nitrogens with zero attached hydrogens (tertiary/aromatic N) is 1. The highest BCUT2D eigenvalue weighted by atomic mass is 32.2. The van der Waals surface area contributed by atoms with Crippen molar-refractivity contribution in [3.05, 3.63) is 0 Å². The second-order valence-corrected chi connectivity index (χ2v) is 19.9. The quantitative estimate of drug-likeness (QED) is 0.255. The lowest BCUT2D eigenvalue weighted by atomic mass is 9.70. The lowest BCUT2D eigenvalue weighted by molar-refractivity contribution is -0.151. The van der Waals surface area contributed by atoms with E-state index in [4.69, 9.17) is 5.73 Å². The van der Waals surface area contributed by atoms with Crippen LogP contribution in [0, 0.1) is 22.7 Å². The fourth-order valence-corrected chi connectivity index (χ4v) is 8.39. The summed E-state index contributed by atoms with van der Waals surface area (Å²) in [5.41, 5.74) is 3.26. The summed E-state index contributed by atoms with van der Waals surface area (Å²) in [4.78, 5) is 68.2. The van der Waals surface area contributed by atoms with E-state index in [1.54, 1.807) is 20.8 Å². The summed E-state index contributed by atoms with van der Waals surface area (Å²) >= 11 is 0. The number of nitrogens with one attached hydrogen (secondary N) is 3.